The first-order valence-corrected chi connectivity index (χ1v) is 3.75. The third-order valence-corrected chi connectivity index (χ3v) is 1.81. The molecule has 1 aromatic carbocycles. The zero-order valence-corrected chi connectivity index (χ0v) is 7.21. The van der Waals surface area contributed by atoms with Crippen LogP contribution in [0.15, 0.2) is 12.1 Å². The van der Waals surface area contributed by atoms with Gasteiger partial charge >= 0.3 is 7.12 Å². The van der Waals surface area contributed by atoms with E-state index in [0.717, 1.165) is 0 Å². The van der Waals surface area contributed by atoms with E-state index in [-0.39, 0.29) is 11.2 Å². The van der Waals surface area contributed by atoms with Crippen LogP contribution in [0.25, 0.3) is 0 Å². The number of aryl methyl sites for hydroxylation is 1. The topological polar surface area (TPSA) is 60.7 Å². The van der Waals surface area contributed by atoms with Crippen molar-refractivity contribution in [1.29, 1.82) is 0 Å². The van der Waals surface area contributed by atoms with E-state index in [2.05, 4.69) is 0 Å². The van der Waals surface area contributed by atoms with Crippen LogP contribution in [0.2, 0.25) is 5.02 Å². The van der Waals surface area contributed by atoms with Gasteiger partial charge in [-0.3, -0.25) is 0 Å². The van der Waals surface area contributed by atoms with Crippen molar-refractivity contribution < 1.29 is 15.2 Å². The molecule has 0 saturated heterocycles. The van der Waals surface area contributed by atoms with Crippen LogP contribution in [0.4, 0.5) is 0 Å². The molecule has 0 amide bonds. The summed E-state index contributed by atoms with van der Waals surface area (Å²) in [5, 5.41) is 27.3. The molecule has 0 unspecified atom stereocenters. The van der Waals surface area contributed by atoms with Gasteiger partial charge in [0.05, 0.1) is 0 Å². The van der Waals surface area contributed by atoms with Gasteiger partial charge in [-0.05, 0) is 24.6 Å². The van der Waals surface area contributed by atoms with E-state index in [4.69, 9.17) is 21.6 Å². The minimum atomic E-state index is -1.66. The molecule has 0 aromatic heterocycles. The lowest BCUT2D eigenvalue weighted by molar-refractivity contribution is 0.419. The summed E-state index contributed by atoms with van der Waals surface area (Å²) in [5.41, 5.74) is 0.648. The van der Waals surface area contributed by atoms with Crippen molar-refractivity contribution in [2.75, 3.05) is 0 Å². The van der Waals surface area contributed by atoms with Crippen molar-refractivity contribution in [3.63, 3.8) is 0 Å². The van der Waals surface area contributed by atoms with Gasteiger partial charge in [-0.15, -0.1) is 0 Å². The molecule has 64 valence electrons. The fourth-order valence-corrected chi connectivity index (χ4v) is 1.34. The molecule has 3 N–H and O–H groups in total. The quantitative estimate of drug-likeness (QED) is 0.543. The molecule has 0 aliphatic rings. The van der Waals surface area contributed by atoms with Gasteiger partial charge < -0.3 is 15.2 Å². The van der Waals surface area contributed by atoms with Gasteiger partial charge in [-0.25, -0.2) is 0 Å². The number of benzene rings is 1. The third-order valence-electron chi connectivity index (χ3n) is 1.59. The van der Waals surface area contributed by atoms with Crippen LogP contribution in [0.1, 0.15) is 5.56 Å². The maximum atomic E-state index is 9.24. The number of aromatic hydroxyl groups is 1. The molecule has 0 radical (unpaired) electrons. The van der Waals surface area contributed by atoms with Gasteiger partial charge in [0.1, 0.15) is 5.75 Å². The Balaban J connectivity index is 3.28. The Hall–Kier alpha value is -0.705. The van der Waals surface area contributed by atoms with Crippen molar-refractivity contribution >= 4 is 24.2 Å². The molecule has 12 heavy (non-hydrogen) atoms. The molecule has 0 atom stereocenters. The van der Waals surface area contributed by atoms with Crippen molar-refractivity contribution in [2.45, 2.75) is 6.92 Å². The zero-order chi connectivity index (χ0) is 9.30. The summed E-state index contributed by atoms with van der Waals surface area (Å²) in [6, 6.07) is 2.82. The van der Waals surface area contributed by atoms with E-state index >= 15 is 0 Å². The zero-order valence-electron chi connectivity index (χ0n) is 6.45. The molecule has 1 aromatic rings. The third kappa shape index (κ3) is 1.72. The maximum absolute atomic E-state index is 9.24. The van der Waals surface area contributed by atoms with Crippen molar-refractivity contribution in [3.8, 4) is 5.75 Å². The number of hydrogen-bond donors (Lipinski definition) is 3. The maximum Gasteiger partial charge on any atom is 0.492 e. The Morgan fingerprint density at radius 3 is 2.33 bits per heavy atom. The first-order valence-electron chi connectivity index (χ1n) is 3.37. The fourth-order valence-electron chi connectivity index (χ4n) is 1.07. The summed E-state index contributed by atoms with van der Waals surface area (Å²) in [6.45, 7) is 1.64. The number of rotatable bonds is 1. The van der Waals surface area contributed by atoms with E-state index < -0.39 is 7.12 Å². The summed E-state index contributed by atoms with van der Waals surface area (Å²) >= 11 is 5.60. The summed E-state index contributed by atoms with van der Waals surface area (Å²) in [6.07, 6.45) is 0. The first kappa shape index (κ1) is 9.38. The lowest BCUT2D eigenvalue weighted by atomic mass is 9.76. The second kappa shape index (κ2) is 3.35. The van der Waals surface area contributed by atoms with Crippen LogP contribution in [0.5, 0.6) is 5.75 Å². The van der Waals surface area contributed by atoms with Crippen LogP contribution in [0.3, 0.4) is 0 Å². The van der Waals surface area contributed by atoms with Crippen LogP contribution < -0.4 is 5.46 Å². The summed E-state index contributed by atoms with van der Waals surface area (Å²) in [5.74, 6) is -0.199. The largest absolute Gasteiger partial charge is 0.508 e. The normalized spacial score (nSPS) is 10.0. The summed E-state index contributed by atoms with van der Waals surface area (Å²) in [4.78, 5) is 0. The monoisotopic (exact) mass is 186 g/mol. The van der Waals surface area contributed by atoms with Crippen molar-refractivity contribution in [2.24, 2.45) is 0 Å². The lowest BCUT2D eigenvalue weighted by Gasteiger charge is -2.07. The molecule has 0 spiro atoms. The summed E-state index contributed by atoms with van der Waals surface area (Å²) < 4.78 is 0. The van der Waals surface area contributed by atoms with Crippen LogP contribution >= 0.6 is 11.6 Å². The number of phenolic OH excluding ortho intramolecular Hbond substituents is 1. The predicted octanol–water partition coefficient (Wildman–Crippen LogP) is 0.0338. The molecular weight excluding hydrogens is 178 g/mol. The van der Waals surface area contributed by atoms with Gasteiger partial charge in [-0.2, -0.15) is 0 Å². The smallest absolute Gasteiger partial charge is 0.492 e. The Morgan fingerprint density at radius 1 is 1.33 bits per heavy atom. The second-order valence-electron chi connectivity index (χ2n) is 2.53. The molecule has 0 fully saturated rings. The van der Waals surface area contributed by atoms with Crippen molar-refractivity contribution in [3.05, 3.63) is 22.7 Å². The van der Waals surface area contributed by atoms with Crippen LogP contribution in [-0.2, 0) is 0 Å². The molecule has 0 aliphatic carbocycles. The Bertz CT molecular complexity index is 278. The van der Waals surface area contributed by atoms with Gasteiger partial charge in [-0.1, -0.05) is 11.6 Å². The van der Waals surface area contributed by atoms with E-state index in [9.17, 15) is 5.11 Å². The molecule has 5 heteroatoms. The molecule has 0 aliphatic heterocycles. The highest BCUT2D eigenvalue weighted by molar-refractivity contribution is 6.60. The molecule has 3 nitrogen and oxygen atoms in total. The number of phenols is 1. The highest BCUT2D eigenvalue weighted by Crippen LogP contribution is 2.17. The first-order chi connectivity index (χ1) is 5.52. The van der Waals surface area contributed by atoms with Gasteiger partial charge in [0.25, 0.3) is 0 Å². The molecule has 0 bridgehead atoms. The van der Waals surface area contributed by atoms with E-state index in [1.165, 1.54) is 6.07 Å². The lowest BCUT2D eigenvalue weighted by Crippen LogP contribution is -2.32. The Labute approximate surface area is 75.4 Å². The molecule has 0 saturated carbocycles. The average Bonchev–Trinajstić information content (AvgIpc) is 1.82. The Kier molecular flexibility index (Phi) is 2.62. The SMILES string of the molecule is Cc1cc(Cl)cc(O)c1B(O)O. The highest BCUT2D eigenvalue weighted by Gasteiger charge is 2.18. The summed E-state index contributed by atoms with van der Waals surface area (Å²) in [7, 11) is -1.66. The minimum absolute atomic E-state index is 0.0967. The number of hydrogen-bond acceptors (Lipinski definition) is 3. The van der Waals surface area contributed by atoms with E-state index in [1.807, 2.05) is 0 Å². The van der Waals surface area contributed by atoms with E-state index in [1.54, 1.807) is 13.0 Å². The van der Waals surface area contributed by atoms with Crippen LogP contribution in [-0.4, -0.2) is 22.3 Å². The minimum Gasteiger partial charge on any atom is -0.508 e. The molecular formula is C7H8BClO3. The molecule has 0 heterocycles. The number of halogens is 1. The van der Waals surface area contributed by atoms with Gasteiger partial charge in [0.15, 0.2) is 0 Å². The van der Waals surface area contributed by atoms with Gasteiger partial charge in [0.2, 0.25) is 0 Å². The fraction of sp³-hybridized carbons (Fsp3) is 0.143. The average molecular weight is 186 g/mol. The molecule has 1 rings (SSSR count). The second-order valence-corrected chi connectivity index (χ2v) is 2.97. The highest BCUT2D eigenvalue weighted by atomic mass is 35.5. The van der Waals surface area contributed by atoms with Crippen LogP contribution in [0, 0.1) is 6.92 Å². The Morgan fingerprint density at radius 2 is 1.92 bits per heavy atom. The van der Waals surface area contributed by atoms with Gasteiger partial charge in [0, 0.05) is 10.5 Å². The van der Waals surface area contributed by atoms with Crippen molar-refractivity contribution in [1.82, 2.24) is 0 Å². The van der Waals surface area contributed by atoms with E-state index in [0.29, 0.717) is 10.6 Å². The standard InChI is InChI=1S/C7H8BClO3/c1-4-2-5(9)3-6(10)7(4)8(11)12/h2-3,10-12H,1H3. The predicted molar refractivity (Wildman–Crippen MR) is 47.7 cm³/mol.